The zero-order valence-electron chi connectivity index (χ0n) is 18.2. The van der Waals surface area contributed by atoms with Crippen LogP contribution in [0.1, 0.15) is 24.6 Å². The van der Waals surface area contributed by atoms with Crippen molar-refractivity contribution in [1.82, 2.24) is 4.98 Å². The standard InChI is InChI=1S/C24H25F2N3O2S/c1-4-24(30)29(3)22-11-7-19(15-21(22)25)18-5-9-20(10-6-18)32(27,31)14-13-17-8-12-23(26)28-16(17)2/h5-12,15,27H,4,13-14H2,1-3H3. The number of nitrogens with zero attached hydrogens (tertiary/aromatic N) is 2. The molecule has 1 unspecified atom stereocenters. The molecular formula is C24H25F2N3O2S. The molecule has 0 spiro atoms. The Hall–Kier alpha value is -3.13. The molecule has 0 aliphatic rings. The van der Waals surface area contributed by atoms with Crippen LogP contribution in [-0.4, -0.2) is 27.9 Å². The van der Waals surface area contributed by atoms with Gasteiger partial charge in [0.15, 0.2) is 0 Å². The van der Waals surface area contributed by atoms with Crippen molar-refractivity contribution in [2.75, 3.05) is 17.7 Å². The first-order valence-corrected chi connectivity index (χ1v) is 11.9. The van der Waals surface area contributed by atoms with Crippen LogP contribution in [0.2, 0.25) is 0 Å². The highest BCUT2D eigenvalue weighted by Crippen LogP contribution is 2.28. The molecule has 1 atom stereocenters. The number of carbonyl (C=O) groups excluding carboxylic acids is 1. The van der Waals surface area contributed by atoms with E-state index < -0.39 is 21.5 Å². The summed E-state index contributed by atoms with van der Waals surface area (Å²) < 4.78 is 49.0. The summed E-state index contributed by atoms with van der Waals surface area (Å²) in [7, 11) is -1.53. The van der Waals surface area contributed by atoms with E-state index in [4.69, 9.17) is 4.78 Å². The molecule has 0 saturated carbocycles. The van der Waals surface area contributed by atoms with Crippen molar-refractivity contribution in [3.63, 3.8) is 0 Å². The minimum atomic E-state index is -3.06. The van der Waals surface area contributed by atoms with Gasteiger partial charge >= 0.3 is 0 Å². The topological polar surface area (TPSA) is 74.1 Å². The number of aryl methyl sites for hydroxylation is 2. The fourth-order valence-corrected chi connectivity index (χ4v) is 4.71. The van der Waals surface area contributed by atoms with E-state index in [-0.39, 0.29) is 23.8 Å². The average molecular weight is 458 g/mol. The number of carbonyl (C=O) groups is 1. The van der Waals surface area contributed by atoms with Crippen molar-refractivity contribution >= 4 is 21.3 Å². The fourth-order valence-electron chi connectivity index (χ4n) is 3.39. The number of hydrogen-bond donors (Lipinski definition) is 1. The third kappa shape index (κ3) is 5.19. The van der Waals surface area contributed by atoms with Gasteiger partial charge in [-0.3, -0.25) is 4.79 Å². The molecule has 1 amide bonds. The van der Waals surface area contributed by atoms with Crippen LogP contribution in [-0.2, 0) is 20.9 Å². The van der Waals surface area contributed by atoms with Crippen LogP contribution in [0.15, 0.2) is 59.5 Å². The first kappa shape index (κ1) is 23.5. The molecule has 8 heteroatoms. The minimum Gasteiger partial charge on any atom is -0.313 e. The van der Waals surface area contributed by atoms with Crippen LogP contribution >= 0.6 is 0 Å². The summed E-state index contributed by atoms with van der Waals surface area (Å²) in [6, 6.07) is 14.1. The van der Waals surface area contributed by atoms with Crippen LogP contribution in [0.25, 0.3) is 11.1 Å². The summed E-state index contributed by atoms with van der Waals surface area (Å²) in [6.07, 6.45) is 0.628. The highest BCUT2D eigenvalue weighted by molar-refractivity contribution is 7.92. The van der Waals surface area contributed by atoms with Gasteiger partial charge < -0.3 is 4.90 Å². The third-order valence-electron chi connectivity index (χ3n) is 5.37. The lowest BCUT2D eigenvalue weighted by Crippen LogP contribution is -2.25. The lowest BCUT2D eigenvalue weighted by molar-refractivity contribution is -0.118. The second-order valence-corrected chi connectivity index (χ2v) is 9.73. The van der Waals surface area contributed by atoms with Gasteiger partial charge in [0, 0.05) is 29.8 Å². The van der Waals surface area contributed by atoms with Gasteiger partial charge in [0.2, 0.25) is 11.9 Å². The molecule has 0 saturated heterocycles. The fraction of sp³-hybridized carbons (Fsp3) is 0.250. The van der Waals surface area contributed by atoms with Gasteiger partial charge in [-0.05, 0) is 60.4 Å². The second-order valence-electron chi connectivity index (χ2n) is 7.50. The Labute approximate surface area is 187 Å². The SMILES string of the molecule is CCC(=O)N(C)c1ccc(-c2ccc(S(=N)(=O)CCc3ccc(F)nc3C)cc2)cc1F. The number of nitrogens with one attached hydrogen (secondary N) is 1. The van der Waals surface area contributed by atoms with E-state index in [9.17, 15) is 17.8 Å². The van der Waals surface area contributed by atoms with Crippen LogP contribution < -0.4 is 4.90 Å². The van der Waals surface area contributed by atoms with Crippen molar-refractivity contribution in [2.45, 2.75) is 31.6 Å². The molecule has 32 heavy (non-hydrogen) atoms. The maximum atomic E-state index is 14.6. The summed E-state index contributed by atoms with van der Waals surface area (Å²) in [5.41, 5.74) is 2.80. The Balaban J connectivity index is 1.76. The van der Waals surface area contributed by atoms with Crippen molar-refractivity contribution in [3.05, 3.63) is 77.6 Å². The molecule has 5 nitrogen and oxygen atoms in total. The number of halogens is 2. The van der Waals surface area contributed by atoms with Crippen molar-refractivity contribution in [2.24, 2.45) is 0 Å². The van der Waals surface area contributed by atoms with Gasteiger partial charge in [0.25, 0.3) is 0 Å². The molecule has 1 heterocycles. The van der Waals surface area contributed by atoms with Gasteiger partial charge in [-0.15, -0.1) is 0 Å². The number of aromatic nitrogens is 1. The molecule has 0 aliphatic carbocycles. The number of pyridine rings is 1. The van der Waals surface area contributed by atoms with Crippen molar-refractivity contribution in [3.8, 4) is 11.1 Å². The molecule has 0 radical (unpaired) electrons. The molecule has 0 aliphatic heterocycles. The van der Waals surface area contributed by atoms with E-state index in [1.807, 2.05) is 0 Å². The number of hydrogen-bond acceptors (Lipinski definition) is 4. The predicted octanol–water partition coefficient (Wildman–Crippen LogP) is 5.36. The maximum absolute atomic E-state index is 14.6. The summed E-state index contributed by atoms with van der Waals surface area (Å²) in [5, 5.41) is 0. The zero-order chi connectivity index (χ0) is 23.5. The van der Waals surface area contributed by atoms with Gasteiger partial charge in [-0.2, -0.15) is 4.39 Å². The molecule has 0 fully saturated rings. The van der Waals surface area contributed by atoms with E-state index in [1.54, 1.807) is 56.3 Å². The monoisotopic (exact) mass is 457 g/mol. The summed E-state index contributed by atoms with van der Waals surface area (Å²) in [4.78, 5) is 17.2. The van der Waals surface area contributed by atoms with Crippen molar-refractivity contribution in [1.29, 1.82) is 4.78 Å². The van der Waals surface area contributed by atoms with Crippen molar-refractivity contribution < 1.29 is 17.8 Å². The van der Waals surface area contributed by atoms with Crippen LogP contribution in [0.4, 0.5) is 14.5 Å². The lowest BCUT2D eigenvalue weighted by Gasteiger charge is -2.18. The largest absolute Gasteiger partial charge is 0.313 e. The third-order valence-corrected chi connectivity index (χ3v) is 7.19. The molecule has 1 aromatic heterocycles. The number of benzene rings is 2. The summed E-state index contributed by atoms with van der Waals surface area (Å²) in [6.45, 7) is 3.40. The van der Waals surface area contributed by atoms with Crippen LogP contribution in [0, 0.1) is 23.5 Å². The molecular weight excluding hydrogens is 432 g/mol. The Morgan fingerprint density at radius 3 is 2.31 bits per heavy atom. The molecule has 0 bridgehead atoms. The van der Waals surface area contributed by atoms with Crippen LogP contribution in [0.3, 0.4) is 0 Å². The molecule has 1 N–H and O–H groups in total. The first-order chi connectivity index (χ1) is 15.1. The van der Waals surface area contributed by atoms with Gasteiger partial charge in [-0.25, -0.2) is 18.4 Å². The van der Waals surface area contributed by atoms with Gasteiger partial charge in [-0.1, -0.05) is 31.2 Å². The van der Waals surface area contributed by atoms with Crippen LogP contribution in [0.5, 0.6) is 0 Å². The van der Waals surface area contributed by atoms with E-state index >= 15 is 0 Å². The number of rotatable bonds is 7. The Bertz CT molecular complexity index is 1240. The number of amides is 1. The zero-order valence-corrected chi connectivity index (χ0v) is 19.0. The smallest absolute Gasteiger partial charge is 0.226 e. The quantitative estimate of drug-likeness (QED) is 0.486. The van der Waals surface area contributed by atoms with E-state index in [0.29, 0.717) is 28.1 Å². The highest BCUT2D eigenvalue weighted by atomic mass is 32.2. The predicted molar refractivity (Wildman–Crippen MR) is 122 cm³/mol. The normalized spacial score (nSPS) is 12.9. The number of anilines is 1. The summed E-state index contributed by atoms with van der Waals surface area (Å²) >= 11 is 0. The minimum absolute atomic E-state index is 0.0849. The Morgan fingerprint density at radius 1 is 1.06 bits per heavy atom. The van der Waals surface area contributed by atoms with Gasteiger partial charge in [0.1, 0.15) is 5.82 Å². The Kier molecular flexibility index (Phi) is 7.03. The van der Waals surface area contributed by atoms with Gasteiger partial charge in [0.05, 0.1) is 15.4 Å². The van der Waals surface area contributed by atoms with E-state index in [0.717, 1.165) is 5.56 Å². The van der Waals surface area contributed by atoms with E-state index in [1.165, 1.54) is 24.1 Å². The maximum Gasteiger partial charge on any atom is 0.226 e. The molecule has 3 rings (SSSR count). The average Bonchev–Trinajstić information content (AvgIpc) is 2.77. The molecule has 3 aromatic rings. The molecule has 168 valence electrons. The second kappa shape index (κ2) is 9.56. The van der Waals surface area contributed by atoms with E-state index in [2.05, 4.69) is 4.98 Å². The first-order valence-electron chi connectivity index (χ1n) is 10.2. The molecule has 2 aromatic carbocycles. The summed E-state index contributed by atoms with van der Waals surface area (Å²) in [5.74, 6) is -1.18. The Morgan fingerprint density at radius 2 is 1.72 bits per heavy atom. The highest BCUT2D eigenvalue weighted by Gasteiger charge is 2.15. The lowest BCUT2D eigenvalue weighted by atomic mass is 10.0.